The quantitative estimate of drug-likeness (QED) is 0.225. The summed E-state index contributed by atoms with van der Waals surface area (Å²) in [4.78, 5) is 13.3. The minimum atomic E-state index is 0. The number of nitrogens with one attached hydrogen (secondary N) is 3. The van der Waals surface area contributed by atoms with E-state index in [1.807, 2.05) is 44.2 Å². The molecule has 3 N–H and O–H groups in total. The Labute approximate surface area is 248 Å². The Morgan fingerprint density at radius 3 is 2.56 bits per heavy atom. The van der Waals surface area contributed by atoms with E-state index in [1.165, 1.54) is 5.57 Å². The summed E-state index contributed by atoms with van der Waals surface area (Å²) in [6.45, 7) is 8.23. The third kappa shape index (κ3) is 10.4. The third-order valence-corrected chi connectivity index (χ3v) is 5.73. The van der Waals surface area contributed by atoms with E-state index in [-0.39, 0.29) is 37.2 Å². The molecule has 0 saturated carbocycles. The van der Waals surface area contributed by atoms with Crippen molar-refractivity contribution in [2.75, 3.05) is 57.2 Å². The Kier molecular flexibility index (Phi) is 15.7. The van der Waals surface area contributed by atoms with Crippen LogP contribution < -0.4 is 20.7 Å². The highest BCUT2D eigenvalue weighted by Gasteiger charge is 2.15. The zero-order chi connectivity index (χ0) is 25.2. The Balaban J connectivity index is 0.00000253. The number of pyridine rings is 1. The van der Waals surface area contributed by atoms with E-state index in [0.29, 0.717) is 25.6 Å². The maximum Gasteiger partial charge on any atom is 0.145 e. The van der Waals surface area contributed by atoms with Gasteiger partial charge >= 0.3 is 0 Å². The molecule has 1 aromatic carbocycles. The normalized spacial score (nSPS) is 11.8. The summed E-state index contributed by atoms with van der Waals surface area (Å²) >= 11 is 0. The average molecular weight is 600 g/mol. The molecule has 1 aliphatic rings. The molecule has 0 atom stereocenters. The van der Waals surface area contributed by atoms with Gasteiger partial charge in [-0.05, 0) is 62.2 Å². The van der Waals surface area contributed by atoms with Crippen LogP contribution in [0.2, 0.25) is 0 Å². The van der Waals surface area contributed by atoms with E-state index >= 15 is 0 Å². The number of anilines is 3. The Hall–Kier alpha value is -2.66. The van der Waals surface area contributed by atoms with Crippen LogP contribution in [-0.4, -0.2) is 61.5 Å². The number of aryl methyl sites for hydroxylation is 2. The van der Waals surface area contributed by atoms with E-state index < -0.39 is 0 Å². The molecule has 0 fully saturated rings. The number of fused-ring (bicyclic) bond motifs is 1. The summed E-state index contributed by atoms with van der Waals surface area (Å²) in [6.07, 6.45) is 6.41. The highest BCUT2D eigenvalue weighted by atomic mass is 35.5. The molecule has 3 aromatic rings. The van der Waals surface area contributed by atoms with Crippen LogP contribution in [0.15, 0.2) is 48.4 Å². The van der Waals surface area contributed by atoms with Gasteiger partial charge in [-0.1, -0.05) is 5.57 Å². The van der Waals surface area contributed by atoms with E-state index in [4.69, 9.17) is 14.2 Å². The van der Waals surface area contributed by atoms with Gasteiger partial charge in [-0.25, -0.2) is 9.97 Å². The Bertz CT molecular complexity index is 1180. The van der Waals surface area contributed by atoms with Crippen LogP contribution in [0.4, 0.5) is 17.3 Å². The lowest BCUT2D eigenvalue weighted by Gasteiger charge is -2.14. The zero-order valence-corrected chi connectivity index (χ0v) is 24.8. The number of hydrogen-bond acceptors (Lipinski definition) is 9. The van der Waals surface area contributed by atoms with E-state index in [9.17, 15) is 0 Å². The molecular weight excluding hydrogens is 563 g/mol. The fourth-order valence-electron chi connectivity index (χ4n) is 3.79. The standard InChI is InChI=1S/C27H34N6O3.3ClH/c1-19-14-22(5-7-25(19)36-23-6-4-20(2)30-17-23)33-27-24-15-21(8-9-29-26(24)31-18-32-27)16-28-10-11-35-13-12-34-3;;;/h4-7,14-15,17-18,28H,8-13,16H2,1-3H3,(H2,29,31,32,33);3*1H. The highest BCUT2D eigenvalue weighted by Crippen LogP contribution is 2.31. The molecule has 0 radical (unpaired) electrons. The SMILES string of the molecule is COCCOCCNCC1=Cc2c(ncnc2Nc2ccc(Oc3ccc(C)nc3)c(C)c2)NCC1.Cl.Cl.Cl. The van der Waals surface area contributed by atoms with Crippen LogP contribution in [0, 0.1) is 13.8 Å². The smallest absolute Gasteiger partial charge is 0.145 e. The van der Waals surface area contributed by atoms with E-state index in [0.717, 1.165) is 65.9 Å². The summed E-state index contributed by atoms with van der Waals surface area (Å²) in [6, 6.07) is 9.84. The second-order valence-corrected chi connectivity index (χ2v) is 8.59. The van der Waals surface area contributed by atoms with Gasteiger partial charge in [-0.3, -0.25) is 4.98 Å². The third-order valence-electron chi connectivity index (χ3n) is 5.73. The maximum absolute atomic E-state index is 6.01. The number of methoxy groups -OCH3 is 1. The van der Waals surface area contributed by atoms with Gasteiger partial charge in [-0.2, -0.15) is 0 Å². The van der Waals surface area contributed by atoms with Gasteiger partial charge in [0.05, 0.1) is 31.6 Å². The first-order valence-electron chi connectivity index (χ1n) is 12.2. The molecule has 0 unspecified atom stereocenters. The molecule has 0 amide bonds. The van der Waals surface area contributed by atoms with Gasteiger partial charge in [0.25, 0.3) is 0 Å². The van der Waals surface area contributed by atoms with Crippen molar-refractivity contribution >= 4 is 60.6 Å². The largest absolute Gasteiger partial charge is 0.455 e. The van der Waals surface area contributed by atoms with E-state index in [1.54, 1.807) is 19.6 Å². The van der Waals surface area contributed by atoms with Crippen LogP contribution in [-0.2, 0) is 9.47 Å². The maximum atomic E-state index is 6.01. The van der Waals surface area contributed by atoms with Crippen molar-refractivity contribution in [2.24, 2.45) is 0 Å². The number of nitrogens with zero attached hydrogens (tertiary/aromatic N) is 3. The zero-order valence-electron chi connectivity index (χ0n) is 22.4. The van der Waals surface area contributed by atoms with Gasteiger partial charge in [0.2, 0.25) is 0 Å². The monoisotopic (exact) mass is 598 g/mol. The Morgan fingerprint density at radius 1 is 0.974 bits per heavy atom. The van der Waals surface area contributed by atoms with Gasteiger partial charge in [0.15, 0.2) is 0 Å². The predicted octanol–water partition coefficient (Wildman–Crippen LogP) is 5.74. The van der Waals surface area contributed by atoms with Crippen molar-refractivity contribution in [1.82, 2.24) is 20.3 Å². The van der Waals surface area contributed by atoms with Crippen molar-refractivity contribution in [3.05, 3.63) is 65.2 Å². The van der Waals surface area contributed by atoms with E-state index in [2.05, 4.69) is 37.0 Å². The fraction of sp³-hybridized carbons (Fsp3) is 0.370. The number of aromatic nitrogens is 3. The summed E-state index contributed by atoms with van der Waals surface area (Å²) < 4.78 is 16.5. The lowest BCUT2D eigenvalue weighted by Crippen LogP contribution is -2.23. The summed E-state index contributed by atoms with van der Waals surface area (Å²) in [7, 11) is 1.67. The second kappa shape index (κ2) is 17.8. The van der Waals surface area contributed by atoms with Gasteiger partial charge in [0, 0.05) is 38.1 Å². The number of halogens is 3. The first kappa shape index (κ1) is 34.4. The molecule has 3 heterocycles. The number of rotatable bonds is 12. The minimum absolute atomic E-state index is 0. The first-order chi connectivity index (χ1) is 17.6. The lowest BCUT2D eigenvalue weighted by atomic mass is 10.1. The van der Waals surface area contributed by atoms with Gasteiger partial charge in [-0.15, -0.1) is 37.2 Å². The molecule has 4 rings (SSSR count). The number of benzene rings is 1. The van der Waals surface area contributed by atoms with Crippen LogP contribution in [0.25, 0.3) is 6.08 Å². The molecule has 9 nitrogen and oxygen atoms in total. The van der Waals surface area contributed by atoms with Crippen molar-refractivity contribution in [2.45, 2.75) is 20.3 Å². The molecule has 1 aliphatic heterocycles. The summed E-state index contributed by atoms with van der Waals surface area (Å²) in [5.41, 5.74) is 5.12. The molecule has 214 valence electrons. The molecule has 2 aromatic heterocycles. The number of ether oxygens (including phenoxy) is 3. The lowest BCUT2D eigenvalue weighted by molar-refractivity contribution is 0.0722. The van der Waals surface area contributed by atoms with Gasteiger partial charge < -0.3 is 30.2 Å². The van der Waals surface area contributed by atoms with Crippen LogP contribution in [0.3, 0.4) is 0 Å². The number of hydrogen-bond donors (Lipinski definition) is 3. The molecule has 39 heavy (non-hydrogen) atoms. The Morgan fingerprint density at radius 2 is 1.82 bits per heavy atom. The molecule has 12 heteroatoms. The fourth-order valence-corrected chi connectivity index (χ4v) is 3.79. The molecule has 0 saturated heterocycles. The summed E-state index contributed by atoms with van der Waals surface area (Å²) in [5, 5.41) is 10.3. The second-order valence-electron chi connectivity index (χ2n) is 8.59. The van der Waals surface area contributed by atoms with Crippen molar-refractivity contribution < 1.29 is 14.2 Å². The first-order valence-corrected chi connectivity index (χ1v) is 12.2. The van der Waals surface area contributed by atoms with Crippen molar-refractivity contribution in [1.29, 1.82) is 0 Å². The van der Waals surface area contributed by atoms with Crippen LogP contribution in [0.5, 0.6) is 11.5 Å². The minimum Gasteiger partial charge on any atom is -0.455 e. The van der Waals surface area contributed by atoms with Gasteiger partial charge in [0.1, 0.15) is 29.5 Å². The molecule has 0 aliphatic carbocycles. The molecule has 0 bridgehead atoms. The highest BCUT2D eigenvalue weighted by molar-refractivity contribution is 5.86. The van der Waals surface area contributed by atoms with Crippen molar-refractivity contribution in [3.63, 3.8) is 0 Å². The molecular formula is C27H37Cl3N6O3. The molecule has 0 spiro atoms. The van der Waals surface area contributed by atoms with Crippen LogP contribution in [0.1, 0.15) is 23.2 Å². The van der Waals surface area contributed by atoms with Crippen molar-refractivity contribution in [3.8, 4) is 11.5 Å². The average Bonchev–Trinajstić information content (AvgIpc) is 3.09. The topological polar surface area (TPSA) is 102 Å². The van der Waals surface area contributed by atoms with Crippen LogP contribution >= 0.6 is 37.2 Å². The predicted molar refractivity (Wildman–Crippen MR) is 164 cm³/mol. The summed E-state index contributed by atoms with van der Waals surface area (Å²) in [5.74, 6) is 3.08.